The summed E-state index contributed by atoms with van der Waals surface area (Å²) in [5, 5.41) is 2.83. The van der Waals surface area contributed by atoms with Crippen LogP contribution in [0.25, 0.3) is 11.1 Å². The smallest absolute Gasteiger partial charge is 0.262 e. The maximum atomic E-state index is 12.2. The first-order chi connectivity index (χ1) is 13.6. The predicted octanol–water partition coefficient (Wildman–Crippen LogP) is 5.41. The summed E-state index contributed by atoms with van der Waals surface area (Å²) < 4.78 is 11.3. The molecule has 28 heavy (non-hydrogen) atoms. The van der Waals surface area contributed by atoms with Crippen LogP contribution in [0.3, 0.4) is 0 Å². The molecule has 3 aromatic rings. The molecule has 0 saturated carbocycles. The van der Waals surface area contributed by atoms with Crippen LogP contribution >= 0.6 is 0 Å². The standard InChI is InChI=1S/C24H25NO3/c1-18(2)16-27-23-10-6-9-21(15-23)25-24(26)17-28-22-13-11-20(12-14-22)19-7-4-3-5-8-19/h3-15,18H,16-17H2,1-2H3,(H,25,26). The molecule has 0 aliphatic rings. The lowest BCUT2D eigenvalue weighted by atomic mass is 10.1. The number of anilines is 1. The number of carbonyl (C=O) groups is 1. The number of ether oxygens (including phenoxy) is 2. The molecule has 0 unspecified atom stereocenters. The molecule has 0 heterocycles. The van der Waals surface area contributed by atoms with E-state index in [0.29, 0.717) is 24.0 Å². The van der Waals surface area contributed by atoms with Crippen molar-refractivity contribution in [2.75, 3.05) is 18.5 Å². The first-order valence-corrected chi connectivity index (χ1v) is 9.41. The number of benzene rings is 3. The van der Waals surface area contributed by atoms with E-state index < -0.39 is 0 Å². The molecular weight excluding hydrogens is 350 g/mol. The molecule has 0 atom stereocenters. The average Bonchev–Trinajstić information content (AvgIpc) is 2.72. The summed E-state index contributed by atoms with van der Waals surface area (Å²) in [5.74, 6) is 1.63. The van der Waals surface area contributed by atoms with E-state index in [9.17, 15) is 4.79 Å². The third kappa shape index (κ3) is 5.88. The summed E-state index contributed by atoms with van der Waals surface area (Å²) >= 11 is 0. The van der Waals surface area contributed by atoms with Crippen LogP contribution in [0.1, 0.15) is 13.8 Å². The Kier molecular flexibility index (Phi) is 6.68. The molecule has 3 aromatic carbocycles. The summed E-state index contributed by atoms with van der Waals surface area (Å²) in [4.78, 5) is 12.2. The van der Waals surface area contributed by atoms with Gasteiger partial charge >= 0.3 is 0 Å². The molecule has 0 fully saturated rings. The first kappa shape index (κ1) is 19.5. The Morgan fingerprint density at radius 1 is 0.821 bits per heavy atom. The van der Waals surface area contributed by atoms with Crippen molar-refractivity contribution < 1.29 is 14.3 Å². The van der Waals surface area contributed by atoms with Gasteiger partial charge in [-0.25, -0.2) is 0 Å². The number of nitrogens with one attached hydrogen (secondary N) is 1. The van der Waals surface area contributed by atoms with Crippen LogP contribution in [0.5, 0.6) is 11.5 Å². The number of amides is 1. The van der Waals surface area contributed by atoms with E-state index in [1.165, 1.54) is 0 Å². The van der Waals surface area contributed by atoms with Gasteiger partial charge in [0.25, 0.3) is 5.91 Å². The monoisotopic (exact) mass is 375 g/mol. The van der Waals surface area contributed by atoms with Gasteiger partial charge in [0.15, 0.2) is 6.61 Å². The lowest BCUT2D eigenvalue weighted by Crippen LogP contribution is -2.20. The highest BCUT2D eigenvalue weighted by Crippen LogP contribution is 2.22. The third-order valence-corrected chi connectivity index (χ3v) is 4.03. The number of hydrogen-bond acceptors (Lipinski definition) is 3. The Balaban J connectivity index is 1.51. The fraction of sp³-hybridized carbons (Fsp3) is 0.208. The van der Waals surface area contributed by atoms with E-state index in [2.05, 4.69) is 31.3 Å². The molecular formula is C24H25NO3. The lowest BCUT2D eigenvalue weighted by molar-refractivity contribution is -0.118. The Morgan fingerprint density at radius 3 is 2.25 bits per heavy atom. The fourth-order valence-corrected chi connectivity index (χ4v) is 2.65. The Labute approximate surface area is 166 Å². The maximum absolute atomic E-state index is 12.2. The zero-order valence-corrected chi connectivity index (χ0v) is 16.2. The van der Waals surface area contributed by atoms with Gasteiger partial charge in [0, 0.05) is 11.8 Å². The molecule has 0 spiro atoms. The minimum Gasteiger partial charge on any atom is -0.493 e. The van der Waals surface area contributed by atoms with Crippen molar-refractivity contribution in [3.8, 4) is 22.6 Å². The zero-order valence-electron chi connectivity index (χ0n) is 16.2. The normalized spacial score (nSPS) is 10.5. The van der Waals surface area contributed by atoms with E-state index in [0.717, 1.165) is 16.9 Å². The molecule has 1 amide bonds. The Morgan fingerprint density at radius 2 is 1.54 bits per heavy atom. The van der Waals surface area contributed by atoms with Gasteiger partial charge in [-0.3, -0.25) is 4.79 Å². The predicted molar refractivity (Wildman–Crippen MR) is 113 cm³/mol. The molecule has 4 heteroatoms. The van der Waals surface area contributed by atoms with Crippen LogP contribution in [-0.2, 0) is 4.79 Å². The highest BCUT2D eigenvalue weighted by molar-refractivity contribution is 5.92. The second-order valence-corrected chi connectivity index (χ2v) is 6.96. The van der Waals surface area contributed by atoms with Crippen LogP contribution in [0, 0.1) is 5.92 Å². The second kappa shape index (κ2) is 9.60. The van der Waals surface area contributed by atoms with Crippen molar-refractivity contribution in [3.63, 3.8) is 0 Å². The third-order valence-electron chi connectivity index (χ3n) is 4.03. The molecule has 144 valence electrons. The Bertz CT molecular complexity index is 889. The highest BCUT2D eigenvalue weighted by Gasteiger charge is 2.06. The van der Waals surface area contributed by atoms with Crippen molar-refractivity contribution in [2.24, 2.45) is 5.92 Å². The van der Waals surface area contributed by atoms with Crippen LogP contribution < -0.4 is 14.8 Å². The lowest BCUT2D eigenvalue weighted by Gasteiger charge is -2.11. The molecule has 3 rings (SSSR count). The van der Waals surface area contributed by atoms with E-state index >= 15 is 0 Å². The van der Waals surface area contributed by atoms with Gasteiger partial charge < -0.3 is 14.8 Å². The molecule has 1 N–H and O–H groups in total. The minimum atomic E-state index is -0.215. The average molecular weight is 375 g/mol. The van der Waals surface area contributed by atoms with Crippen molar-refractivity contribution in [1.29, 1.82) is 0 Å². The Hall–Kier alpha value is -3.27. The molecule has 0 bridgehead atoms. The summed E-state index contributed by atoms with van der Waals surface area (Å²) in [6.45, 7) is 4.77. The van der Waals surface area contributed by atoms with Gasteiger partial charge in [0.05, 0.1) is 6.61 Å². The van der Waals surface area contributed by atoms with Crippen molar-refractivity contribution in [3.05, 3.63) is 78.9 Å². The summed E-state index contributed by atoms with van der Waals surface area (Å²) in [6.07, 6.45) is 0. The van der Waals surface area contributed by atoms with Gasteiger partial charge in [0.1, 0.15) is 11.5 Å². The first-order valence-electron chi connectivity index (χ1n) is 9.41. The van der Waals surface area contributed by atoms with Crippen LogP contribution in [0.15, 0.2) is 78.9 Å². The minimum absolute atomic E-state index is 0.0538. The maximum Gasteiger partial charge on any atom is 0.262 e. The van der Waals surface area contributed by atoms with E-state index in [1.807, 2.05) is 66.7 Å². The summed E-state index contributed by atoms with van der Waals surface area (Å²) in [5.41, 5.74) is 2.94. The van der Waals surface area contributed by atoms with Crippen LogP contribution in [0.4, 0.5) is 5.69 Å². The summed E-state index contributed by atoms with van der Waals surface area (Å²) in [6, 6.07) is 25.2. The molecule has 0 aliphatic heterocycles. The number of rotatable bonds is 8. The van der Waals surface area contributed by atoms with Gasteiger partial charge in [-0.2, -0.15) is 0 Å². The van der Waals surface area contributed by atoms with Crippen molar-refractivity contribution >= 4 is 11.6 Å². The van der Waals surface area contributed by atoms with Gasteiger partial charge in [-0.15, -0.1) is 0 Å². The van der Waals surface area contributed by atoms with Crippen LogP contribution in [0.2, 0.25) is 0 Å². The fourth-order valence-electron chi connectivity index (χ4n) is 2.65. The van der Waals surface area contributed by atoms with E-state index in [-0.39, 0.29) is 12.5 Å². The largest absolute Gasteiger partial charge is 0.493 e. The van der Waals surface area contributed by atoms with E-state index in [4.69, 9.17) is 9.47 Å². The second-order valence-electron chi connectivity index (χ2n) is 6.96. The topological polar surface area (TPSA) is 47.6 Å². The SMILES string of the molecule is CC(C)COc1cccc(NC(=O)COc2ccc(-c3ccccc3)cc2)c1. The van der Waals surface area contributed by atoms with Crippen molar-refractivity contribution in [1.82, 2.24) is 0 Å². The number of carbonyl (C=O) groups excluding carboxylic acids is 1. The van der Waals surface area contributed by atoms with E-state index in [1.54, 1.807) is 0 Å². The number of hydrogen-bond donors (Lipinski definition) is 1. The van der Waals surface area contributed by atoms with Crippen molar-refractivity contribution in [2.45, 2.75) is 13.8 Å². The molecule has 0 aromatic heterocycles. The zero-order chi connectivity index (χ0) is 19.8. The summed E-state index contributed by atoms with van der Waals surface area (Å²) in [7, 11) is 0. The molecule has 0 aliphatic carbocycles. The van der Waals surface area contributed by atoms with Gasteiger partial charge in [0.2, 0.25) is 0 Å². The molecule has 0 saturated heterocycles. The molecule has 4 nitrogen and oxygen atoms in total. The highest BCUT2D eigenvalue weighted by atomic mass is 16.5. The van der Waals surface area contributed by atoms with Gasteiger partial charge in [-0.05, 0) is 41.3 Å². The molecule has 0 radical (unpaired) electrons. The van der Waals surface area contributed by atoms with Crippen LogP contribution in [-0.4, -0.2) is 19.1 Å². The van der Waals surface area contributed by atoms with Gasteiger partial charge in [-0.1, -0.05) is 62.4 Å². The quantitative estimate of drug-likeness (QED) is 0.573.